The summed E-state index contributed by atoms with van der Waals surface area (Å²) in [5, 5.41) is 0. The number of hydrogen-bond donors (Lipinski definition) is 0. The van der Waals surface area contributed by atoms with Gasteiger partial charge < -0.3 is 4.74 Å². The van der Waals surface area contributed by atoms with Crippen molar-refractivity contribution >= 4 is 11.8 Å². The molecule has 0 fully saturated rings. The van der Waals surface area contributed by atoms with E-state index in [4.69, 9.17) is 4.74 Å². The predicted octanol–water partition coefficient (Wildman–Crippen LogP) is 3.09. The van der Waals surface area contributed by atoms with Crippen molar-refractivity contribution < 1.29 is 14.3 Å². The molecule has 3 nitrogen and oxygen atoms in total. The van der Waals surface area contributed by atoms with Gasteiger partial charge in [-0.1, -0.05) is 32.0 Å². The summed E-state index contributed by atoms with van der Waals surface area (Å²) in [6.07, 6.45) is 0.441. The Hall–Kier alpha value is -1.64. The van der Waals surface area contributed by atoms with Crippen LogP contribution in [0.25, 0.3) is 0 Å². The molecule has 0 N–H and O–H groups in total. The van der Waals surface area contributed by atoms with E-state index in [-0.39, 0.29) is 11.7 Å². The van der Waals surface area contributed by atoms with Gasteiger partial charge in [-0.05, 0) is 18.9 Å². The van der Waals surface area contributed by atoms with E-state index < -0.39 is 5.97 Å². The molecule has 0 spiro atoms. The van der Waals surface area contributed by atoms with Crippen molar-refractivity contribution in [2.24, 2.45) is 5.92 Å². The van der Waals surface area contributed by atoms with Gasteiger partial charge in [0.2, 0.25) is 0 Å². The minimum atomic E-state index is -0.430. The van der Waals surface area contributed by atoms with Crippen LogP contribution in [-0.4, -0.2) is 18.4 Å². The number of hydrogen-bond acceptors (Lipinski definition) is 3. The van der Waals surface area contributed by atoms with Crippen LogP contribution < -0.4 is 0 Å². The topological polar surface area (TPSA) is 43.4 Å². The van der Waals surface area contributed by atoms with E-state index in [2.05, 4.69) is 0 Å². The number of Topliss-reactive ketones (excluding diaryl/α,β-unsaturated/α-hetero) is 1. The second kappa shape index (κ2) is 6.18. The zero-order valence-electron chi connectivity index (χ0n) is 10.5. The van der Waals surface area contributed by atoms with E-state index in [0.29, 0.717) is 24.2 Å². The molecule has 1 rings (SSSR count). The molecule has 0 atom stereocenters. The fourth-order valence-electron chi connectivity index (χ4n) is 1.59. The number of carbonyl (C=O) groups is 2. The van der Waals surface area contributed by atoms with Gasteiger partial charge in [0.05, 0.1) is 12.2 Å². The summed E-state index contributed by atoms with van der Waals surface area (Å²) >= 11 is 0. The zero-order valence-corrected chi connectivity index (χ0v) is 10.5. The maximum atomic E-state index is 12.0. The lowest BCUT2D eigenvalue weighted by molar-refractivity contribution is 0.0523. The summed E-state index contributed by atoms with van der Waals surface area (Å²) in [5.41, 5.74) is 0.819. The lowest BCUT2D eigenvalue weighted by Gasteiger charge is -2.09. The molecule has 1 aromatic carbocycles. The van der Waals surface area contributed by atoms with Gasteiger partial charge in [0.25, 0.3) is 0 Å². The monoisotopic (exact) mass is 234 g/mol. The maximum Gasteiger partial charge on any atom is 0.338 e. The molecule has 0 saturated carbocycles. The van der Waals surface area contributed by atoms with Crippen molar-refractivity contribution in [3.8, 4) is 0 Å². The summed E-state index contributed by atoms with van der Waals surface area (Å²) in [7, 11) is 0. The van der Waals surface area contributed by atoms with Crippen molar-refractivity contribution in [2.75, 3.05) is 6.61 Å². The molecule has 0 amide bonds. The van der Waals surface area contributed by atoms with Crippen LogP contribution in [0.15, 0.2) is 24.3 Å². The molecule has 0 aliphatic heterocycles. The van der Waals surface area contributed by atoms with Gasteiger partial charge in [-0.3, -0.25) is 4.79 Å². The average molecular weight is 234 g/mol. The molecule has 0 aliphatic rings. The van der Waals surface area contributed by atoms with Crippen LogP contribution in [0.3, 0.4) is 0 Å². The fourth-order valence-corrected chi connectivity index (χ4v) is 1.59. The molecule has 3 heteroatoms. The third-order valence-corrected chi connectivity index (χ3v) is 2.32. The Morgan fingerprint density at radius 2 is 1.76 bits per heavy atom. The van der Waals surface area contributed by atoms with Crippen LogP contribution in [0.5, 0.6) is 0 Å². The van der Waals surface area contributed by atoms with Crippen LogP contribution in [0.4, 0.5) is 0 Å². The van der Waals surface area contributed by atoms with E-state index in [1.54, 1.807) is 31.2 Å². The van der Waals surface area contributed by atoms with Crippen LogP contribution in [-0.2, 0) is 4.74 Å². The Labute approximate surface area is 102 Å². The highest BCUT2D eigenvalue weighted by molar-refractivity contribution is 6.06. The van der Waals surface area contributed by atoms with Gasteiger partial charge in [0.15, 0.2) is 5.78 Å². The molecule has 17 heavy (non-hydrogen) atoms. The summed E-state index contributed by atoms with van der Waals surface area (Å²) in [4.78, 5) is 23.7. The van der Waals surface area contributed by atoms with Crippen molar-refractivity contribution in [3.63, 3.8) is 0 Å². The minimum absolute atomic E-state index is 0.0105. The van der Waals surface area contributed by atoms with Gasteiger partial charge in [-0.15, -0.1) is 0 Å². The molecule has 0 bridgehead atoms. The highest BCUT2D eigenvalue weighted by Gasteiger charge is 2.17. The summed E-state index contributed by atoms with van der Waals surface area (Å²) < 4.78 is 4.93. The second-order valence-corrected chi connectivity index (χ2v) is 4.29. The average Bonchev–Trinajstić information content (AvgIpc) is 2.28. The maximum absolute atomic E-state index is 12.0. The Morgan fingerprint density at radius 3 is 2.29 bits per heavy atom. The number of ketones is 1. The molecular weight excluding hydrogens is 216 g/mol. The molecule has 0 aromatic heterocycles. The number of ether oxygens (including phenoxy) is 1. The number of esters is 1. The molecule has 0 heterocycles. The van der Waals surface area contributed by atoms with E-state index in [1.807, 2.05) is 13.8 Å². The number of rotatable bonds is 5. The van der Waals surface area contributed by atoms with Crippen molar-refractivity contribution in [3.05, 3.63) is 35.4 Å². The second-order valence-electron chi connectivity index (χ2n) is 4.29. The molecule has 0 radical (unpaired) electrons. The fraction of sp³-hybridized carbons (Fsp3) is 0.429. The highest BCUT2D eigenvalue weighted by atomic mass is 16.5. The minimum Gasteiger partial charge on any atom is -0.462 e. The normalized spacial score (nSPS) is 10.4. The first kappa shape index (κ1) is 13.4. The van der Waals surface area contributed by atoms with Crippen LogP contribution in [0.1, 0.15) is 47.9 Å². The summed E-state index contributed by atoms with van der Waals surface area (Å²) in [6, 6.07) is 6.80. The predicted molar refractivity (Wildman–Crippen MR) is 66.2 cm³/mol. The Bertz CT molecular complexity index is 408. The standard InChI is InChI=1S/C14H18O3/c1-4-17-14(16)12-8-6-5-7-11(12)13(15)9-10(2)3/h5-8,10H,4,9H2,1-3H3. The summed E-state index contributed by atoms with van der Waals surface area (Å²) in [6.45, 7) is 6.01. The Kier molecular flexibility index (Phi) is 4.88. The largest absolute Gasteiger partial charge is 0.462 e. The first-order chi connectivity index (χ1) is 8.06. The van der Waals surface area contributed by atoms with Crippen molar-refractivity contribution in [2.45, 2.75) is 27.2 Å². The number of carbonyl (C=O) groups excluding carboxylic acids is 2. The van der Waals surface area contributed by atoms with Gasteiger partial charge in [0.1, 0.15) is 0 Å². The van der Waals surface area contributed by atoms with Crippen LogP contribution in [0.2, 0.25) is 0 Å². The van der Waals surface area contributed by atoms with Crippen LogP contribution in [0, 0.1) is 5.92 Å². The van der Waals surface area contributed by atoms with Crippen molar-refractivity contribution in [1.29, 1.82) is 0 Å². The molecule has 0 aliphatic carbocycles. The first-order valence-corrected chi connectivity index (χ1v) is 5.85. The lowest BCUT2D eigenvalue weighted by Crippen LogP contribution is -2.13. The van der Waals surface area contributed by atoms with E-state index in [1.165, 1.54) is 0 Å². The molecular formula is C14H18O3. The van der Waals surface area contributed by atoms with Gasteiger partial charge in [-0.2, -0.15) is 0 Å². The summed E-state index contributed by atoms with van der Waals surface area (Å²) in [5.74, 6) is -0.165. The number of benzene rings is 1. The lowest BCUT2D eigenvalue weighted by atomic mass is 9.97. The van der Waals surface area contributed by atoms with Crippen LogP contribution >= 0.6 is 0 Å². The third kappa shape index (κ3) is 3.70. The van der Waals surface area contributed by atoms with E-state index in [9.17, 15) is 9.59 Å². The van der Waals surface area contributed by atoms with Gasteiger partial charge >= 0.3 is 5.97 Å². The third-order valence-electron chi connectivity index (χ3n) is 2.32. The molecule has 0 saturated heterocycles. The zero-order chi connectivity index (χ0) is 12.8. The van der Waals surface area contributed by atoms with Gasteiger partial charge in [0, 0.05) is 12.0 Å². The van der Waals surface area contributed by atoms with E-state index >= 15 is 0 Å². The SMILES string of the molecule is CCOC(=O)c1ccccc1C(=O)CC(C)C. The molecule has 92 valence electrons. The smallest absolute Gasteiger partial charge is 0.338 e. The Balaban J connectivity index is 2.99. The van der Waals surface area contributed by atoms with E-state index in [0.717, 1.165) is 0 Å². The van der Waals surface area contributed by atoms with Gasteiger partial charge in [-0.25, -0.2) is 4.79 Å². The Morgan fingerprint density at radius 1 is 1.18 bits per heavy atom. The molecule has 1 aromatic rings. The molecule has 0 unspecified atom stereocenters. The van der Waals surface area contributed by atoms with Crippen molar-refractivity contribution in [1.82, 2.24) is 0 Å². The highest BCUT2D eigenvalue weighted by Crippen LogP contribution is 2.15. The quantitative estimate of drug-likeness (QED) is 0.581. The first-order valence-electron chi connectivity index (χ1n) is 5.85.